The second-order valence-corrected chi connectivity index (χ2v) is 5.14. The number of carboxylic acids is 1. The zero-order valence-corrected chi connectivity index (χ0v) is 10.7. The standard InChI is InChI=1S/C11H22O4/c1-9(2,8(12)13)15-11(5,6)10(3,4)14-7/h1-7H3,(H,12,13). The van der Waals surface area contributed by atoms with E-state index in [4.69, 9.17) is 14.6 Å². The lowest BCUT2D eigenvalue weighted by atomic mass is 9.88. The quantitative estimate of drug-likeness (QED) is 0.767. The van der Waals surface area contributed by atoms with Crippen molar-refractivity contribution in [2.75, 3.05) is 7.11 Å². The zero-order valence-electron chi connectivity index (χ0n) is 10.7. The first-order chi connectivity index (χ1) is 6.46. The van der Waals surface area contributed by atoms with Crippen molar-refractivity contribution in [3.8, 4) is 0 Å². The smallest absolute Gasteiger partial charge is 0.335 e. The predicted octanol–water partition coefficient (Wildman–Crippen LogP) is 2.07. The lowest BCUT2D eigenvalue weighted by Gasteiger charge is -2.43. The summed E-state index contributed by atoms with van der Waals surface area (Å²) in [7, 11) is 1.58. The SMILES string of the molecule is COC(C)(C)C(C)(C)OC(C)(C)C(=O)O. The van der Waals surface area contributed by atoms with Crippen molar-refractivity contribution < 1.29 is 19.4 Å². The summed E-state index contributed by atoms with van der Waals surface area (Å²) < 4.78 is 10.9. The van der Waals surface area contributed by atoms with Gasteiger partial charge < -0.3 is 14.6 Å². The molecule has 15 heavy (non-hydrogen) atoms. The van der Waals surface area contributed by atoms with Gasteiger partial charge in [-0.25, -0.2) is 4.79 Å². The summed E-state index contributed by atoms with van der Waals surface area (Å²) in [5, 5.41) is 8.98. The summed E-state index contributed by atoms with van der Waals surface area (Å²) >= 11 is 0. The molecular formula is C11H22O4. The molecule has 0 radical (unpaired) electrons. The van der Waals surface area contributed by atoms with Crippen LogP contribution in [0.25, 0.3) is 0 Å². The van der Waals surface area contributed by atoms with E-state index in [1.165, 1.54) is 13.8 Å². The minimum atomic E-state index is -1.22. The molecule has 0 aliphatic heterocycles. The van der Waals surface area contributed by atoms with E-state index in [9.17, 15) is 4.79 Å². The van der Waals surface area contributed by atoms with Crippen LogP contribution in [0, 0.1) is 0 Å². The molecule has 0 bridgehead atoms. The summed E-state index contributed by atoms with van der Waals surface area (Å²) in [6, 6.07) is 0. The molecule has 1 N–H and O–H groups in total. The molecule has 0 rings (SSSR count). The molecule has 0 saturated carbocycles. The maximum absolute atomic E-state index is 10.9. The Morgan fingerprint density at radius 2 is 1.40 bits per heavy atom. The van der Waals surface area contributed by atoms with Gasteiger partial charge in [-0.2, -0.15) is 0 Å². The predicted molar refractivity (Wildman–Crippen MR) is 58.0 cm³/mol. The lowest BCUT2D eigenvalue weighted by molar-refractivity contribution is -0.221. The molecule has 4 nitrogen and oxygen atoms in total. The van der Waals surface area contributed by atoms with Gasteiger partial charge in [-0.05, 0) is 41.5 Å². The Bertz CT molecular complexity index is 241. The summed E-state index contributed by atoms with van der Waals surface area (Å²) in [5.41, 5.74) is -2.47. The van der Waals surface area contributed by atoms with Crippen LogP contribution in [-0.4, -0.2) is 35.0 Å². The van der Waals surface area contributed by atoms with Crippen LogP contribution in [0.1, 0.15) is 41.5 Å². The first kappa shape index (κ1) is 14.4. The first-order valence-corrected chi connectivity index (χ1v) is 4.95. The second-order valence-electron chi connectivity index (χ2n) is 5.14. The van der Waals surface area contributed by atoms with Gasteiger partial charge in [-0.1, -0.05) is 0 Å². The van der Waals surface area contributed by atoms with Gasteiger partial charge in [-0.3, -0.25) is 0 Å². The Balaban J connectivity index is 4.86. The average Bonchev–Trinajstić information content (AvgIpc) is 2.01. The van der Waals surface area contributed by atoms with Gasteiger partial charge in [0.25, 0.3) is 0 Å². The largest absolute Gasteiger partial charge is 0.479 e. The number of ether oxygens (including phenoxy) is 2. The van der Waals surface area contributed by atoms with E-state index < -0.39 is 22.8 Å². The van der Waals surface area contributed by atoms with Crippen molar-refractivity contribution in [3.63, 3.8) is 0 Å². The normalized spacial score (nSPS) is 14.1. The third-order valence-electron chi connectivity index (χ3n) is 2.99. The molecule has 4 heteroatoms. The van der Waals surface area contributed by atoms with Gasteiger partial charge in [-0.15, -0.1) is 0 Å². The van der Waals surface area contributed by atoms with E-state index in [1.54, 1.807) is 7.11 Å². The van der Waals surface area contributed by atoms with E-state index >= 15 is 0 Å². The van der Waals surface area contributed by atoms with E-state index in [2.05, 4.69) is 0 Å². The summed E-state index contributed by atoms with van der Waals surface area (Å²) in [6.07, 6.45) is 0. The average molecular weight is 218 g/mol. The molecule has 0 aromatic heterocycles. The second kappa shape index (κ2) is 4.10. The van der Waals surface area contributed by atoms with Crippen LogP contribution in [0.2, 0.25) is 0 Å². The minimum Gasteiger partial charge on any atom is -0.479 e. The van der Waals surface area contributed by atoms with E-state index in [0.717, 1.165) is 0 Å². The fourth-order valence-electron chi connectivity index (χ4n) is 1.05. The molecule has 0 atom stereocenters. The maximum atomic E-state index is 10.9. The van der Waals surface area contributed by atoms with E-state index in [0.29, 0.717) is 0 Å². The highest BCUT2D eigenvalue weighted by Gasteiger charge is 2.44. The van der Waals surface area contributed by atoms with E-state index in [1.807, 2.05) is 27.7 Å². The van der Waals surface area contributed by atoms with Crippen LogP contribution < -0.4 is 0 Å². The van der Waals surface area contributed by atoms with Gasteiger partial charge >= 0.3 is 5.97 Å². The van der Waals surface area contributed by atoms with Crippen LogP contribution in [-0.2, 0) is 14.3 Å². The van der Waals surface area contributed by atoms with Crippen molar-refractivity contribution in [2.45, 2.75) is 58.3 Å². The Kier molecular flexibility index (Phi) is 3.93. The van der Waals surface area contributed by atoms with Crippen LogP contribution in [0.4, 0.5) is 0 Å². The lowest BCUT2D eigenvalue weighted by Crippen LogP contribution is -2.54. The Morgan fingerprint density at radius 3 is 1.67 bits per heavy atom. The molecule has 0 unspecified atom stereocenters. The van der Waals surface area contributed by atoms with Crippen molar-refractivity contribution in [2.24, 2.45) is 0 Å². The number of carboxylic acid groups (broad SMARTS) is 1. The molecule has 0 amide bonds. The van der Waals surface area contributed by atoms with E-state index in [-0.39, 0.29) is 0 Å². The first-order valence-electron chi connectivity index (χ1n) is 4.95. The fourth-order valence-corrected chi connectivity index (χ4v) is 1.05. The number of carbonyl (C=O) groups is 1. The van der Waals surface area contributed by atoms with Crippen molar-refractivity contribution in [1.29, 1.82) is 0 Å². The summed E-state index contributed by atoms with van der Waals surface area (Å²) in [4.78, 5) is 10.9. The Labute approximate surface area is 91.6 Å². The fraction of sp³-hybridized carbons (Fsp3) is 0.909. The molecule has 0 saturated heterocycles. The highest BCUT2D eigenvalue weighted by Crippen LogP contribution is 2.32. The number of aliphatic carboxylic acids is 1. The van der Waals surface area contributed by atoms with Gasteiger partial charge in [0.1, 0.15) is 0 Å². The third kappa shape index (κ3) is 3.18. The molecular weight excluding hydrogens is 196 g/mol. The van der Waals surface area contributed by atoms with Crippen LogP contribution in [0.3, 0.4) is 0 Å². The van der Waals surface area contributed by atoms with Crippen molar-refractivity contribution >= 4 is 5.97 Å². The van der Waals surface area contributed by atoms with Gasteiger partial charge in [0.05, 0.1) is 11.2 Å². The van der Waals surface area contributed by atoms with Gasteiger partial charge in [0, 0.05) is 7.11 Å². The molecule has 0 spiro atoms. The topological polar surface area (TPSA) is 55.8 Å². The number of hydrogen-bond donors (Lipinski definition) is 1. The van der Waals surface area contributed by atoms with Gasteiger partial charge in [0.15, 0.2) is 5.60 Å². The Hall–Kier alpha value is -0.610. The summed E-state index contributed by atoms with van der Waals surface area (Å²) in [6.45, 7) is 10.4. The minimum absolute atomic E-state index is 0.556. The van der Waals surface area contributed by atoms with Crippen LogP contribution in [0.5, 0.6) is 0 Å². The molecule has 0 aromatic carbocycles. The molecule has 0 aliphatic carbocycles. The van der Waals surface area contributed by atoms with Crippen molar-refractivity contribution in [3.05, 3.63) is 0 Å². The zero-order chi connectivity index (χ0) is 12.5. The van der Waals surface area contributed by atoms with Crippen LogP contribution >= 0.6 is 0 Å². The molecule has 0 aromatic rings. The third-order valence-corrected chi connectivity index (χ3v) is 2.99. The van der Waals surface area contributed by atoms with Crippen LogP contribution in [0.15, 0.2) is 0 Å². The molecule has 0 heterocycles. The Morgan fingerprint density at radius 1 is 1.00 bits per heavy atom. The highest BCUT2D eigenvalue weighted by molar-refractivity contribution is 5.76. The molecule has 90 valence electrons. The molecule has 0 fully saturated rings. The maximum Gasteiger partial charge on any atom is 0.335 e. The summed E-state index contributed by atoms with van der Waals surface area (Å²) in [5.74, 6) is -0.984. The number of hydrogen-bond acceptors (Lipinski definition) is 3. The highest BCUT2D eigenvalue weighted by atomic mass is 16.6. The number of rotatable bonds is 5. The van der Waals surface area contributed by atoms with Crippen molar-refractivity contribution in [1.82, 2.24) is 0 Å². The van der Waals surface area contributed by atoms with Gasteiger partial charge in [0.2, 0.25) is 0 Å². The molecule has 0 aliphatic rings. The number of methoxy groups -OCH3 is 1. The monoisotopic (exact) mass is 218 g/mol.